The Labute approximate surface area is 128 Å². The predicted octanol–water partition coefficient (Wildman–Crippen LogP) is 3.21. The van der Waals surface area contributed by atoms with Crippen molar-refractivity contribution in [3.05, 3.63) is 22.4 Å². The molecule has 0 spiro atoms. The van der Waals surface area contributed by atoms with Crippen molar-refractivity contribution in [2.24, 2.45) is 0 Å². The largest absolute Gasteiger partial charge is 0.395 e. The van der Waals surface area contributed by atoms with E-state index in [0.29, 0.717) is 12.2 Å². The Morgan fingerprint density at radius 1 is 1.50 bits per heavy atom. The van der Waals surface area contributed by atoms with E-state index in [-0.39, 0.29) is 24.6 Å². The smallest absolute Gasteiger partial charge is 0.270 e. The number of halogens is 1. The summed E-state index contributed by atoms with van der Waals surface area (Å²) in [6.45, 7) is 4.57. The summed E-state index contributed by atoms with van der Waals surface area (Å²) in [6.07, 6.45) is 6.40. The fraction of sp³-hybridized carbons (Fsp3) is 0.667. The lowest BCUT2D eigenvalue weighted by Gasteiger charge is -2.29. The zero-order chi connectivity index (χ0) is 14.7. The van der Waals surface area contributed by atoms with Gasteiger partial charge in [0.05, 0.1) is 6.61 Å². The Morgan fingerprint density at radius 2 is 2.15 bits per heavy atom. The fourth-order valence-electron chi connectivity index (χ4n) is 2.96. The van der Waals surface area contributed by atoms with Gasteiger partial charge in [0.2, 0.25) is 0 Å². The number of hydrogen-bond donors (Lipinski definition) is 1. The Balaban J connectivity index is 2.26. The van der Waals surface area contributed by atoms with Crippen molar-refractivity contribution in [3.63, 3.8) is 0 Å². The van der Waals surface area contributed by atoms with Crippen LogP contribution in [0.25, 0.3) is 0 Å². The van der Waals surface area contributed by atoms with Crippen molar-refractivity contribution in [2.75, 3.05) is 13.2 Å². The first-order chi connectivity index (χ1) is 9.54. The Morgan fingerprint density at radius 3 is 2.70 bits per heavy atom. The summed E-state index contributed by atoms with van der Waals surface area (Å²) in [5, 5.41) is 9.27. The first kappa shape index (κ1) is 15.6. The maximum atomic E-state index is 12.8. The second kappa shape index (κ2) is 6.76. The van der Waals surface area contributed by atoms with Gasteiger partial charge in [-0.15, -0.1) is 0 Å². The van der Waals surface area contributed by atoms with Gasteiger partial charge in [-0.05, 0) is 48.7 Å². The summed E-state index contributed by atoms with van der Waals surface area (Å²) in [6, 6.07) is 2.39. The number of carbonyl (C=O) groups excluding carboxylic acids is 1. The number of nitrogens with zero attached hydrogens (tertiary/aromatic N) is 2. The zero-order valence-electron chi connectivity index (χ0n) is 12.2. The summed E-state index contributed by atoms with van der Waals surface area (Å²) in [4.78, 5) is 14.7. The molecule has 0 radical (unpaired) electrons. The number of aromatic nitrogens is 1. The highest BCUT2D eigenvalue weighted by Gasteiger charge is 2.29. The molecular formula is C15H23BrN2O2. The van der Waals surface area contributed by atoms with Crippen LogP contribution in [0.3, 0.4) is 0 Å². The molecule has 1 heterocycles. The van der Waals surface area contributed by atoms with Crippen LogP contribution in [-0.4, -0.2) is 39.7 Å². The van der Waals surface area contributed by atoms with Crippen LogP contribution >= 0.6 is 15.9 Å². The molecule has 5 heteroatoms. The molecule has 1 aliphatic rings. The van der Waals surface area contributed by atoms with Crippen LogP contribution in [0.4, 0.5) is 0 Å². The van der Waals surface area contributed by atoms with E-state index in [9.17, 15) is 9.90 Å². The maximum absolute atomic E-state index is 12.8. The van der Waals surface area contributed by atoms with Gasteiger partial charge in [-0.25, -0.2) is 0 Å². The lowest BCUT2D eigenvalue weighted by Crippen LogP contribution is -2.41. The average Bonchev–Trinajstić information content (AvgIpc) is 3.04. The lowest BCUT2D eigenvalue weighted by atomic mass is 10.2. The number of carbonyl (C=O) groups is 1. The minimum absolute atomic E-state index is 0.0196. The number of hydrogen-bond acceptors (Lipinski definition) is 2. The Bertz CT molecular complexity index is 464. The van der Waals surface area contributed by atoms with Crippen LogP contribution in [0.15, 0.2) is 16.7 Å². The summed E-state index contributed by atoms with van der Waals surface area (Å²) >= 11 is 3.45. The second-order valence-electron chi connectivity index (χ2n) is 5.71. The van der Waals surface area contributed by atoms with Crippen LogP contribution in [0.5, 0.6) is 0 Å². The van der Waals surface area contributed by atoms with Crippen molar-refractivity contribution in [3.8, 4) is 0 Å². The molecule has 0 unspecified atom stereocenters. The molecule has 1 amide bonds. The number of amides is 1. The standard InChI is InChI=1S/C15H23BrN2O2/c1-11(2)18-10-12(16)9-14(18)15(20)17(7-8-19)13-5-3-4-6-13/h9-11,13,19H,3-8H2,1-2H3. The first-order valence-electron chi connectivity index (χ1n) is 7.33. The van der Waals surface area contributed by atoms with Crippen LogP contribution in [0, 0.1) is 0 Å². The molecule has 2 rings (SSSR count). The number of aliphatic hydroxyl groups excluding tert-OH is 1. The van der Waals surface area contributed by atoms with E-state index >= 15 is 0 Å². The second-order valence-corrected chi connectivity index (χ2v) is 6.62. The molecule has 1 N–H and O–H groups in total. The summed E-state index contributed by atoms with van der Waals surface area (Å²) in [5.74, 6) is 0.0327. The molecule has 1 saturated carbocycles. The molecule has 1 fully saturated rings. The number of rotatable bonds is 5. The van der Waals surface area contributed by atoms with E-state index < -0.39 is 0 Å². The summed E-state index contributed by atoms with van der Waals surface area (Å²) in [5.41, 5.74) is 0.701. The van der Waals surface area contributed by atoms with Crippen molar-refractivity contribution in [2.45, 2.75) is 51.6 Å². The van der Waals surface area contributed by atoms with Crippen LogP contribution in [0.2, 0.25) is 0 Å². The number of aliphatic hydroxyl groups is 1. The Hall–Kier alpha value is -0.810. The minimum Gasteiger partial charge on any atom is -0.395 e. The Kier molecular flexibility index (Phi) is 5.27. The van der Waals surface area contributed by atoms with Gasteiger partial charge in [0.1, 0.15) is 5.69 Å². The summed E-state index contributed by atoms with van der Waals surface area (Å²) < 4.78 is 2.91. The zero-order valence-corrected chi connectivity index (χ0v) is 13.8. The molecule has 0 atom stereocenters. The molecule has 20 heavy (non-hydrogen) atoms. The van der Waals surface area contributed by atoms with E-state index in [4.69, 9.17) is 0 Å². The molecule has 0 saturated heterocycles. The molecule has 1 aromatic heterocycles. The normalized spacial score (nSPS) is 16.1. The van der Waals surface area contributed by atoms with Crippen molar-refractivity contribution in [1.82, 2.24) is 9.47 Å². The van der Waals surface area contributed by atoms with E-state index in [1.165, 1.54) is 12.8 Å². The predicted molar refractivity (Wildman–Crippen MR) is 82.9 cm³/mol. The highest BCUT2D eigenvalue weighted by atomic mass is 79.9. The van der Waals surface area contributed by atoms with Gasteiger partial charge in [0.15, 0.2) is 0 Å². The van der Waals surface area contributed by atoms with Gasteiger partial charge in [-0.1, -0.05) is 12.8 Å². The van der Waals surface area contributed by atoms with Crippen molar-refractivity contribution >= 4 is 21.8 Å². The minimum atomic E-state index is 0.0196. The third kappa shape index (κ3) is 3.26. The summed E-state index contributed by atoms with van der Waals surface area (Å²) in [7, 11) is 0. The van der Waals surface area contributed by atoms with E-state index in [0.717, 1.165) is 17.3 Å². The molecule has 1 aliphatic carbocycles. The third-order valence-electron chi connectivity index (χ3n) is 3.96. The van der Waals surface area contributed by atoms with E-state index in [1.54, 1.807) is 0 Å². The molecule has 4 nitrogen and oxygen atoms in total. The van der Waals surface area contributed by atoms with Crippen LogP contribution in [0.1, 0.15) is 56.1 Å². The van der Waals surface area contributed by atoms with Gasteiger partial charge in [-0.3, -0.25) is 4.79 Å². The van der Waals surface area contributed by atoms with Crippen LogP contribution in [-0.2, 0) is 0 Å². The van der Waals surface area contributed by atoms with Gasteiger partial charge < -0.3 is 14.6 Å². The van der Waals surface area contributed by atoms with Crippen molar-refractivity contribution < 1.29 is 9.90 Å². The third-order valence-corrected chi connectivity index (χ3v) is 4.39. The molecule has 0 bridgehead atoms. The topological polar surface area (TPSA) is 45.5 Å². The fourth-order valence-corrected chi connectivity index (χ4v) is 3.40. The van der Waals surface area contributed by atoms with Gasteiger partial charge in [0.25, 0.3) is 5.91 Å². The molecular weight excluding hydrogens is 320 g/mol. The highest BCUT2D eigenvalue weighted by Crippen LogP contribution is 2.27. The van der Waals surface area contributed by atoms with Crippen LogP contribution < -0.4 is 0 Å². The lowest BCUT2D eigenvalue weighted by molar-refractivity contribution is 0.0625. The van der Waals surface area contributed by atoms with Gasteiger partial charge in [0, 0.05) is 29.3 Å². The van der Waals surface area contributed by atoms with E-state index in [1.807, 2.05) is 21.7 Å². The maximum Gasteiger partial charge on any atom is 0.270 e. The SMILES string of the molecule is CC(C)n1cc(Br)cc1C(=O)N(CCO)C1CCCC1. The highest BCUT2D eigenvalue weighted by molar-refractivity contribution is 9.10. The van der Waals surface area contributed by atoms with Gasteiger partial charge in [-0.2, -0.15) is 0 Å². The monoisotopic (exact) mass is 342 g/mol. The average molecular weight is 343 g/mol. The quantitative estimate of drug-likeness (QED) is 0.892. The van der Waals surface area contributed by atoms with E-state index in [2.05, 4.69) is 29.8 Å². The molecule has 112 valence electrons. The molecule has 1 aromatic rings. The molecule has 0 aromatic carbocycles. The van der Waals surface area contributed by atoms with Crippen molar-refractivity contribution in [1.29, 1.82) is 0 Å². The van der Waals surface area contributed by atoms with Gasteiger partial charge >= 0.3 is 0 Å². The molecule has 0 aliphatic heterocycles. The first-order valence-corrected chi connectivity index (χ1v) is 8.13.